The minimum Gasteiger partial charge on any atom is -0.280 e. The Morgan fingerprint density at radius 2 is 1.74 bits per heavy atom. The van der Waals surface area contributed by atoms with Gasteiger partial charge in [0.05, 0.1) is 16.1 Å². The molecule has 0 unspecified atom stereocenters. The van der Waals surface area contributed by atoms with Crippen LogP contribution in [-0.2, 0) is 16.2 Å². The van der Waals surface area contributed by atoms with E-state index in [9.17, 15) is 26.0 Å². The van der Waals surface area contributed by atoms with E-state index in [0.29, 0.717) is 11.6 Å². The lowest BCUT2D eigenvalue weighted by molar-refractivity contribution is -0.138. The molecule has 0 bridgehead atoms. The first-order valence-corrected chi connectivity index (χ1v) is 8.44. The summed E-state index contributed by atoms with van der Waals surface area (Å²) in [4.78, 5) is -0.575. The summed E-state index contributed by atoms with van der Waals surface area (Å²) in [5, 5.41) is 0. The van der Waals surface area contributed by atoms with Gasteiger partial charge in [0, 0.05) is 4.47 Å². The van der Waals surface area contributed by atoms with Crippen molar-refractivity contribution in [1.29, 1.82) is 0 Å². The van der Waals surface area contributed by atoms with E-state index in [0.717, 1.165) is 18.2 Å². The molecule has 124 valence electrons. The average molecular weight is 412 g/mol. The van der Waals surface area contributed by atoms with Crippen molar-refractivity contribution in [1.82, 2.24) is 0 Å². The normalized spacial score (nSPS) is 12.3. The molecule has 23 heavy (non-hydrogen) atoms. The van der Waals surface area contributed by atoms with E-state index in [2.05, 4.69) is 20.7 Å². The molecule has 0 radical (unpaired) electrons. The summed E-state index contributed by atoms with van der Waals surface area (Å²) in [5.74, 6) is -0.628. The lowest BCUT2D eigenvalue weighted by Crippen LogP contribution is -2.15. The summed E-state index contributed by atoms with van der Waals surface area (Å²) in [5.41, 5.74) is -0.879. The third-order valence-electron chi connectivity index (χ3n) is 2.98. The molecule has 0 aliphatic rings. The summed E-state index contributed by atoms with van der Waals surface area (Å²) in [6.07, 6.45) is -4.71. The number of aryl methyl sites for hydroxylation is 1. The van der Waals surface area contributed by atoms with Crippen LogP contribution in [-0.4, -0.2) is 8.42 Å². The van der Waals surface area contributed by atoms with Gasteiger partial charge in [-0.1, -0.05) is 22.0 Å². The number of hydrogen-bond donors (Lipinski definition) is 1. The fraction of sp³-hybridized carbons (Fsp3) is 0.143. The molecule has 0 heterocycles. The number of alkyl halides is 3. The molecule has 2 rings (SSSR count). The van der Waals surface area contributed by atoms with Gasteiger partial charge in [-0.2, -0.15) is 13.2 Å². The molecule has 3 nitrogen and oxygen atoms in total. The van der Waals surface area contributed by atoms with Gasteiger partial charge in [-0.3, -0.25) is 4.72 Å². The lowest BCUT2D eigenvalue weighted by Gasteiger charge is -2.13. The first kappa shape index (κ1) is 17.7. The highest BCUT2D eigenvalue weighted by Crippen LogP contribution is 2.36. The van der Waals surface area contributed by atoms with Crippen molar-refractivity contribution >= 4 is 31.6 Å². The third-order valence-corrected chi connectivity index (χ3v) is 5.05. The van der Waals surface area contributed by atoms with Crippen LogP contribution in [0.2, 0.25) is 0 Å². The molecular weight excluding hydrogens is 402 g/mol. The first-order valence-electron chi connectivity index (χ1n) is 6.16. The van der Waals surface area contributed by atoms with Crippen LogP contribution in [0.3, 0.4) is 0 Å². The van der Waals surface area contributed by atoms with Crippen molar-refractivity contribution in [2.24, 2.45) is 0 Å². The monoisotopic (exact) mass is 411 g/mol. The zero-order chi connectivity index (χ0) is 17.4. The second-order valence-corrected chi connectivity index (χ2v) is 7.25. The van der Waals surface area contributed by atoms with Gasteiger partial charge in [-0.25, -0.2) is 12.8 Å². The molecular formula is C14H10BrF4NO2S. The van der Waals surface area contributed by atoms with Crippen molar-refractivity contribution in [3.8, 4) is 0 Å². The highest BCUT2D eigenvalue weighted by Gasteiger charge is 2.34. The van der Waals surface area contributed by atoms with Gasteiger partial charge >= 0.3 is 6.18 Å². The van der Waals surface area contributed by atoms with E-state index in [1.807, 2.05) is 0 Å². The molecule has 0 amide bonds. The number of sulfonamides is 1. The number of rotatable bonds is 3. The van der Waals surface area contributed by atoms with Crippen LogP contribution in [0.1, 0.15) is 11.1 Å². The SMILES string of the molecule is Cc1ccc(NS(=O)(=O)c2ccc(Br)c(C(F)(F)F)c2)cc1F. The van der Waals surface area contributed by atoms with Crippen molar-refractivity contribution in [2.45, 2.75) is 18.0 Å². The number of benzene rings is 2. The van der Waals surface area contributed by atoms with E-state index in [1.54, 1.807) is 0 Å². The van der Waals surface area contributed by atoms with Gasteiger partial charge in [0.1, 0.15) is 5.82 Å². The number of anilines is 1. The molecule has 0 fully saturated rings. The minimum absolute atomic E-state index is 0.0791. The van der Waals surface area contributed by atoms with Crippen LogP contribution >= 0.6 is 15.9 Å². The van der Waals surface area contributed by atoms with Crippen LogP contribution in [0.25, 0.3) is 0 Å². The minimum atomic E-state index is -4.71. The molecule has 0 aliphatic carbocycles. The first-order chi connectivity index (χ1) is 10.5. The largest absolute Gasteiger partial charge is 0.417 e. The summed E-state index contributed by atoms with van der Waals surface area (Å²) in [6, 6.07) is 6.15. The van der Waals surface area contributed by atoms with Gasteiger partial charge in [-0.15, -0.1) is 0 Å². The maximum absolute atomic E-state index is 13.4. The summed E-state index contributed by atoms with van der Waals surface area (Å²) in [6.45, 7) is 1.50. The summed E-state index contributed by atoms with van der Waals surface area (Å²) < 4.78 is 78.1. The second-order valence-electron chi connectivity index (χ2n) is 4.71. The molecule has 0 saturated heterocycles. The lowest BCUT2D eigenvalue weighted by atomic mass is 10.2. The van der Waals surface area contributed by atoms with Crippen molar-refractivity contribution in [3.05, 3.63) is 57.8 Å². The Balaban J connectivity index is 2.42. The molecule has 1 N–H and O–H groups in total. The molecule has 9 heteroatoms. The highest BCUT2D eigenvalue weighted by molar-refractivity contribution is 9.10. The summed E-state index contributed by atoms with van der Waals surface area (Å²) in [7, 11) is -4.28. The maximum Gasteiger partial charge on any atom is 0.417 e. The maximum atomic E-state index is 13.4. The van der Waals surface area contributed by atoms with Crippen LogP contribution in [0, 0.1) is 12.7 Å². The molecule has 2 aromatic carbocycles. The molecule has 0 aromatic heterocycles. The number of nitrogens with one attached hydrogen (secondary N) is 1. The van der Waals surface area contributed by atoms with E-state index >= 15 is 0 Å². The Labute approximate surface area is 138 Å². The Morgan fingerprint density at radius 1 is 1.09 bits per heavy atom. The summed E-state index contributed by atoms with van der Waals surface area (Å²) >= 11 is 2.73. The highest BCUT2D eigenvalue weighted by atomic mass is 79.9. The van der Waals surface area contributed by atoms with Gasteiger partial charge < -0.3 is 0 Å². The van der Waals surface area contributed by atoms with Crippen LogP contribution in [0.5, 0.6) is 0 Å². The van der Waals surface area contributed by atoms with Crippen molar-refractivity contribution in [3.63, 3.8) is 0 Å². The predicted molar refractivity (Wildman–Crippen MR) is 81.1 cm³/mol. The molecule has 0 aliphatic heterocycles. The fourth-order valence-electron chi connectivity index (χ4n) is 1.76. The smallest absolute Gasteiger partial charge is 0.280 e. The van der Waals surface area contributed by atoms with Gasteiger partial charge in [0.2, 0.25) is 0 Å². The Hall–Kier alpha value is -1.61. The molecule has 0 spiro atoms. The Morgan fingerprint density at radius 3 is 2.30 bits per heavy atom. The topological polar surface area (TPSA) is 46.2 Å². The van der Waals surface area contributed by atoms with E-state index < -0.39 is 32.5 Å². The second kappa shape index (κ2) is 6.12. The van der Waals surface area contributed by atoms with Crippen LogP contribution in [0.4, 0.5) is 23.2 Å². The van der Waals surface area contributed by atoms with Crippen LogP contribution < -0.4 is 4.72 Å². The third kappa shape index (κ3) is 4.03. The predicted octanol–water partition coefficient (Wildman–Crippen LogP) is 4.72. The van der Waals surface area contributed by atoms with E-state index in [1.165, 1.54) is 19.1 Å². The average Bonchev–Trinajstić information content (AvgIpc) is 2.41. The van der Waals surface area contributed by atoms with Gasteiger partial charge in [-0.05, 0) is 42.8 Å². The van der Waals surface area contributed by atoms with E-state index in [-0.39, 0.29) is 10.2 Å². The van der Waals surface area contributed by atoms with Crippen molar-refractivity contribution < 1.29 is 26.0 Å². The van der Waals surface area contributed by atoms with Gasteiger partial charge in [0.25, 0.3) is 10.0 Å². The number of hydrogen-bond acceptors (Lipinski definition) is 2. The zero-order valence-corrected chi connectivity index (χ0v) is 14.0. The fourth-order valence-corrected chi connectivity index (χ4v) is 3.31. The molecule has 0 saturated carbocycles. The zero-order valence-electron chi connectivity index (χ0n) is 11.6. The van der Waals surface area contributed by atoms with Crippen LogP contribution in [0.15, 0.2) is 45.8 Å². The Bertz CT molecular complexity index is 850. The molecule has 0 atom stereocenters. The van der Waals surface area contributed by atoms with E-state index in [4.69, 9.17) is 0 Å². The standard InChI is InChI=1S/C14H10BrF4NO2S/c1-8-2-3-9(6-13(8)16)20-23(21,22)10-4-5-12(15)11(7-10)14(17,18)19/h2-7,20H,1H3. The van der Waals surface area contributed by atoms with Crippen molar-refractivity contribution in [2.75, 3.05) is 4.72 Å². The Kier molecular flexibility index (Phi) is 4.72. The molecule has 2 aromatic rings. The number of halogens is 5. The quantitative estimate of drug-likeness (QED) is 0.742. The van der Waals surface area contributed by atoms with Gasteiger partial charge in [0.15, 0.2) is 0 Å².